The Labute approximate surface area is 209 Å². The van der Waals surface area contributed by atoms with E-state index in [1.54, 1.807) is 55.5 Å². The second kappa shape index (κ2) is 11.9. The van der Waals surface area contributed by atoms with Crippen molar-refractivity contribution >= 4 is 55.1 Å². The minimum absolute atomic E-state index is 0.0604. The first kappa shape index (κ1) is 27.1. The number of amides is 2. The van der Waals surface area contributed by atoms with Gasteiger partial charge in [-0.2, -0.15) is 0 Å². The number of anilines is 1. The number of carbonyl (C=O) groups excluding carboxylic acids is 2. The summed E-state index contributed by atoms with van der Waals surface area (Å²) >= 11 is 9.63. The molecule has 0 spiro atoms. The SMILES string of the molecule is CC(C)CNC(=O)[C@H](C)N(Cc1ccccc1Cl)C(=O)CN(c1cccc(Br)c1)S(C)(=O)=O. The second-order valence-corrected chi connectivity index (χ2v) is 11.4. The van der Waals surface area contributed by atoms with Gasteiger partial charge in [0.2, 0.25) is 21.8 Å². The highest BCUT2D eigenvalue weighted by Crippen LogP contribution is 2.24. The maximum Gasteiger partial charge on any atom is 0.244 e. The Kier molecular flexibility index (Phi) is 9.75. The molecule has 0 unspecified atom stereocenters. The van der Waals surface area contributed by atoms with Gasteiger partial charge in [0.25, 0.3) is 0 Å². The molecule has 2 amide bonds. The fourth-order valence-corrected chi connectivity index (χ4v) is 4.51. The first-order chi connectivity index (χ1) is 15.4. The fraction of sp³-hybridized carbons (Fsp3) is 0.391. The molecule has 0 aliphatic carbocycles. The maximum atomic E-state index is 13.4. The molecule has 1 N–H and O–H groups in total. The van der Waals surface area contributed by atoms with Crippen molar-refractivity contribution in [2.45, 2.75) is 33.4 Å². The quantitative estimate of drug-likeness (QED) is 0.477. The number of rotatable bonds is 10. The summed E-state index contributed by atoms with van der Waals surface area (Å²) in [5, 5.41) is 3.29. The average molecular weight is 559 g/mol. The normalized spacial score (nSPS) is 12.3. The molecule has 1 atom stereocenters. The minimum Gasteiger partial charge on any atom is -0.354 e. The zero-order valence-electron chi connectivity index (χ0n) is 19.1. The molecule has 2 aromatic rings. The molecule has 0 saturated heterocycles. The summed E-state index contributed by atoms with van der Waals surface area (Å²) in [6.07, 6.45) is 1.04. The Morgan fingerprint density at radius 1 is 1.09 bits per heavy atom. The Morgan fingerprint density at radius 3 is 2.33 bits per heavy atom. The number of hydrogen-bond donors (Lipinski definition) is 1. The van der Waals surface area contributed by atoms with Crippen LogP contribution in [0.25, 0.3) is 0 Å². The number of nitrogens with one attached hydrogen (secondary N) is 1. The van der Waals surface area contributed by atoms with Crippen LogP contribution < -0.4 is 9.62 Å². The molecule has 180 valence electrons. The first-order valence-electron chi connectivity index (χ1n) is 10.4. The Bertz CT molecular complexity index is 1090. The van der Waals surface area contributed by atoms with Gasteiger partial charge < -0.3 is 10.2 Å². The van der Waals surface area contributed by atoms with Crippen molar-refractivity contribution in [2.75, 3.05) is 23.7 Å². The molecule has 10 heteroatoms. The number of benzene rings is 2. The van der Waals surface area contributed by atoms with Gasteiger partial charge in [-0.3, -0.25) is 13.9 Å². The molecular formula is C23H29BrClN3O4S. The zero-order chi connectivity index (χ0) is 24.8. The van der Waals surface area contributed by atoms with Crippen molar-refractivity contribution < 1.29 is 18.0 Å². The lowest BCUT2D eigenvalue weighted by Crippen LogP contribution is -2.51. The smallest absolute Gasteiger partial charge is 0.244 e. The van der Waals surface area contributed by atoms with Crippen LogP contribution in [0.2, 0.25) is 5.02 Å². The third-order valence-corrected chi connectivity index (χ3v) is 6.93. The minimum atomic E-state index is -3.77. The van der Waals surface area contributed by atoms with Crippen molar-refractivity contribution in [3.05, 3.63) is 63.6 Å². The highest BCUT2D eigenvalue weighted by Gasteiger charge is 2.30. The van der Waals surface area contributed by atoms with Crippen molar-refractivity contribution in [3.8, 4) is 0 Å². The maximum absolute atomic E-state index is 13.4. The highest BCUT2D eigenvalue weighted by atomic mass is 79.9. The number of nitrogens with zero attached hydrogens (tertiary/aromatic N) is 2. The summed E-state index contributed by atoms with van der Waals surface area (Å²) in [4.78, 5) is 27.6. The van der Waals surface area contributed by atoms with Crippen LogP contribution in [-0.4, -0.2) is 50.5 Å². The van der Waals surface area contributed by atoms with E-state index in [1.165, 1.54) is 4.90 Å². The number of sulfonamides is 1. The molecular weight excluding hydrogens is 530 g/mol. The van der Waals surface area contributed by atoms with Gasteiger partial charge in [0.1, 0.15) is 12.6 Å². The summed E-state index contributed by atoms with van der Waals surface area (Å²) < 4.78 is 26.8. The lowest BCUT2D eigenvalue weighted by Gasteiger charge is -2.31. The highest BCUT2D eigenvalue weighted by molar-refractivity contribution is 9.10. The molecule has 0 radical (unpaired) electrons. The van der Waals surface area contributed by atoms with E-state index in [1.807, 2.05) is 13.8 Å². The van der Waals surface area contributed by atoms with E-state index in [2.05, 4.69) is 21.2 Å². The average Bonchev–Trinajstić information content (AvgIpc) is 2.73. The molecule has 0 aliphatic rings. The molecule has 2 aromatic carbocycles. The van der Waals surface area contributed by atoms with E-state index in [0.717, 1.165) is 10.6 Å². The van der Waals surface area contributed by atoms with Crippen LogP contribution in [0.15, 0.2) is 53.0 Å². The van der Waals surface area contributed by atoms with Gasteiger partial charge >= 0.3 is 0 Å². The van der Waals surface area contributed by atoms with Crippen LogP contribution in [0.4, 0.5) is 5.69 Å². The lowest BCUT2D eigenvalue weighted by atomic mass is 10.1. The molecule has 0 aliphatic heterocycles. The standard InChI is InChI=1S/C23H29BrClN3O4S/c1-16(2)13-26-23(30)17(3)27(14-18-8-5-6-11-21(18)25)22(29)15-28(33(4,31)32)20-10-7-9-19(24)12-20/h5-12,16-17H,13-15H2,1-4H3,(H,26,30)/t17-/m0/s1. The van der Waals surface area contributed by atoms with Crippen molar-refractivity contribution in [1.82, 2.24) is 10.2 Å². The molecule has 0 saturated carbocycles. The summed E-state index contributed by atoms with van der Waals surface area (Å²) in [6, 6.07) is 12.9. The summed E-state index contributed by atoms with van der Waals surface area (Å²) in [5.41, 5.74) is 0.999. The third kappa shape index (κ3) is 8.01. The van der Waals surface area contributed by atoms with E-state index in [0.29, 0.717) is 27.3 Å². The number of carbonyl (C=O) groups is 2. The predicted octanol–water partition coefficient (Wildman–Crippen LogP) is 4.06. The van der Waals surface area contributed by atoms with Gasteiger partial charge in [-0.15, -0.1) is 0 Å². The van der Waals surface area contributed by atoms with Gasteiger partial charge in [0.15, 0.2) is 0 Å². The van der Waals surface area contributed by atoms with Crippen LogP contribution in [0, 0.1) is 5.92 Å². The topological polar surface area (TPSA) is 86.8 Å². The fourth-order valence-electron chi connectivity index (χ4n) is 3.09. The molecule has 33 heavy (non-hydrogen) atoms. The van der Waals surface area contributed by atoms with Crippen LogP contribution >= 0.6 is 27.5 Å². The van der Waals surface area contributed by atoms with Crippen LogP contribution in [-0.2, 0) is 26.2 Å². The Morgan fingerprint density at radius 2 is 1.76 bits per heavy atom. The van der Waals surface area contributed by atoms with Crippen LogP contribution in [0.5, 0.6) is 0 Å². The Hall–Kier alpha value is -2.10. The van der Waals surface area contributed by atoms with E-state index in [9.17, 15) is 18.0 Å². The first-order valence-corrected chi connectivity index (χ1v) is 13.5. The van der Waals surface area contributed by atoms with E-state index in [4.69, 9.17) is 11.6 Å². The molecule has 0 aromatic heterocycles. The number of halogens is 2. The lowest BCUT2D eigenvalue weighted by molar-refractivity contribution is -0.139. The third-order valence-electron chi connectivity index (χ3n) is 4.93. The molecule has 2 rings (SSSR count). The molecule has 7 nitrogen and oxygen atoms in total. The van der Waals surface area contributed by atoms with Crippen molar-refractivity contribution in [1.29, 1.82) is 0 Å². The Balaban J connectivity index is 2.38. The molecule has 0 bridgehead atoms. The van der Waals surface area contributed by atoms with Gasteiger partial charge in [0.05, 0.1) is 11.9 Å². The van der Waals surface area contributed by atoms with Gasteiger partial charge in [-0.25, -0.2) is 8.42 Å². The van der Waals surface area contributed by atoms with Crippen molar-refractivity contribution in [3.63, 3.8) is 0 Å². The monoisotopic (exact) mass is 557 g/mol. The van der Waals surface area contributed by atoms with Gasteiger partial charge in [-0.05, 0) is 42.7 Å². The predicted molar refractivity (Wildman–Crippen MR) is 136 cm³/mol. The van der Waals surface area contributed by atoms with E-state index >= 15 is 0 Å². The molecule has 0 heterocycles. The summed E-state index contributed by atoms with van der Waals surface area (Å²) in [6.45, 7) is 5.63. The van der Waals surface area contributed by atoms with E-state index in [-0.39, 0.29) is 18.4 Å². The van der Waals surface area contributed by atoms with Gasteiger partial charge in [0, 0.05) is 22.6 Å². The van der Waals surface area contributed by atoms with Crippen LogP contribution in [0.3, 0.4) is 0 Å². The number of hydrogen-bond acceptors (Lipinski definition) is 4. The van der Waals surface area contributed by atoms with E-state index < -0.39 is 28.5 Å². The van der Waals surface area contributed by atoms with Crippen LogP contribution in [0.1, 0.15) is 26.3 Å². The van der Waals surface area contributed by atoms with Gasteiger partial charge in [-0.1, -0.05) is 65.6 Å². The zero-order valence-corrected chi connectivity index (χ0v) is 22.2. The second-order valence-electron chi connectivity index (χ2n) is 8.18. The van der Waals surface area contributed by atoms with Crippen molar-refractivity contribution in [2.24, 2.45) is 5.92 Å². The summed E-state index contributed by atoms with van der Waals surface area (Å²) in [7, 11) is -3.77. The summed E-state index contributed by atoms with van der Waals surface area (Å²) in [5.74, 6) is -0.601. The molecule has 0 fully saturated rings. The largest absolute Gasteiger partial charge is 0.354 e.